The van der Waals surface area contributed by atoms with Crippen LogP contribution in [0.15, 0.2) is 48.5 Å². The number of ether oxygens (including phenoxy) is 1. The van der Waals surface area contributed by atoms with E-state index < -0.39 is 17.8 Å². The summed E-state index contributed by atoms with van der Waals surface area (Å²) in [5, 5.41) is 0. The van der Waals surface area contributed by atoms with Crippen LogP contribution >= 0.6 is 0 Å². The summed E-state index contributed by atoms with van der Waals surface area (Å²) in [6.45, 7) is 1.40. The highest BCUT2D eigenvalue weighted by atomic mass is 16.5. The number of amides is 2. The first-order valence-electron chi connectivity index (χ1n) is 6.77. The standard InChI is InChI=1S/C17H13NO4/c1-11-6-2-3-7-12(11)17(21)22-10-18-15(19)13-8-4-5-9-14(13)16(18)20/h2-9H,10H2,1H3. The molecule has 0 radical (unpaired) electrons. The Bertz CT molecular complexity index is 747. The second kappa shape index (κ2) is 5.44. The summed E-state index contributed by atoms with van der Waals surface area (Å²) in [7, 11) is 0. The highest BCUT2D eigenvalue weighted by Crippen LogP contribution is 2.22. The van der Waals surface area contributed by atoms with Crippen molar-refractivity contribution in [3.05, 3.63) is 70.8 Å². The fraction of sp³-hybridized carbons (Fsp3) is 0.118. The van der Waals surface area contributed by atoms with Crippen LogP contribution in [-0.4, -0.2) is 29.4 Å². The SMILES string of the molecule is Cc1ccccc1C(=O)OCN1C(=O)c2ccccc2C1=O. The molecule has 5 heteroatoms. The van der Waals surface area contributed by atoms with E-state index in [1.165, 1.54) is 0 Å². The summed E-state index contributed by atoms with van der Waals surface area (Å²) in [6.07, 6.45) is 0. The Kier molecular flexibility index (Phi) is 3.47. The van der Waals surface area contributed by atoms with Crippen LogP contribution in [0.3, 0.4) is 0 Å². The smallest absolute Gasteiger partial charge is 0.340 e. The van der Waals surface area contributed by atoms with Crippen LogP contribution in [0.1, 0.15) is 36.6 Å². The van der Waals surface area contributed by atoms with Crippen molar-refractivity contribution in [3.8, 4) is 0 Å². The Hall–Kier alpha value is -2.95. The van der Waals surface area contributed by atoms with E-state index in [1.54, 1.807) is 49.4 Å². The van der Waals surface area contributed by atoms with E-state index in [4.69, 9.17) is 4.74 Å². The molecule has 2 aromatic rings. The van der Waals surface area contributed by atoms with Crippen molar-refractivity contribution >= 4 is 17.8 Å². The minimum absolute atomic E-state index is 0.333. The number of benzene rings is 2. The second-order valence-electron chi connectivity index (χ2n) is 4.96. The molecule has 0 saturated heterocycles. The van der Waals surface area contributed by atoms with E-state index in [-0.39, 0.29) is 6.73 Å². The Balaban J connectivity index is 1.73. The van der Waals surface area contributed by atoms with Crippen molar-refractivity contribution < 1.29 is 19.1 Å². The lowest BCUT2D eigenvalue weighted by Crippen LogP contribution is -2.33. The Morgan fingerprint density at radius 1 is 0.955 bits per heavy atom. The highest BCUT2D eigenvalue weighted by molar-refractivity contribution is 6.21. The van der Waals surface area contributed by atoms with Crippen LogP contribution in [0.4, 0.5) is 0 Å². The zero-order valence-electron chi connectivity index (χ0n) is 11.9. The van der Waals surface area contributed by atoms with E-state index >= 15 is 0 Å². The van der Waals surface area contributed by atoms with Crippen molar-refractivity contribution in [2.75, 3.05) is 6.73 Å². The summed E-state index contributed by atoms with van der Waals surface area (Å²) in [6, 6.07) is 13.5. The summed E-state index contributed by atoms with van der Waals surface area (Å²) in [5.74, 6) is -1.45. The minimum Gasteiger partial charge on any atom is -0.440 e. The first-order valence-corrected chi connectivity index (χ1v) is 6.77. The van der Waals surface area contributed by atoms with Gasteiger partial charge in [0, 0.05) is 0 Å². The van der Waals surface area contributed by atoms with Crippen LogP contribution in [0.25, 0.3) is 0 Å². The first kappa shape index (κ1) is 14.0. The summed E-state index contributed by atoms with van der Waals surface area (Å²) in [4.78, 5) is 37.2. The van der Waals surface area contributed by atoms with Gasteiger partial charge in [-0.2, -0.15) is 0 Å². The molecule has 0 unspecified atom stereocenters. The van der Waals surface area contributed by atoms with Gasteiger partial charge in [0.15, 0.2) is 6.73 Å². The molecule has 5 nitrogen and oxygen atoms in total. The van der Waals surface area contributed by atoms with E-state index in [1.807, 2.05) is 6.07 Å². The molecule has 0 aromatic heterocycles. The molecule has 110 valence electrons. The minimum atomic E-state index is -0.561. The van der Waals surface area contributed by atoms with Gasteiger partial charge in [-0.15, -0.1) is 0 Å². The molecule has 2 amide bonds. The van der Waals surface area contributed by atoms with Gasteiger partial charge >= 0.3 is 5.97 Å². The van der Waals surface area contributed by atoms with Crippen molar-refractivity contribution in [2.45, 2.75) is 6.92 Å². The van der Waals surface area contributed by atoms with Gasteiger partial charge in [-0.3, -0.25) is 9.59 Å². The largest absolute Gasteiger partial charge is 0.440 e. The van der Waals surface area contributed by atoms with Gasteiger partial charge in [0.05, 0.1) is 16.7 Å². The predicted molar refractivity (Wildman–Crippen MR) is 78.4 cm³/mol. The maximum Gasteiger partial charge on any atom is 0.340 e. The van der Waals surface area contributed by atoms with Gasteiger partial charge in [0.1, 0.15) is 0 Å². The third-order valence-corrected chi connectivity index (χ3v) is 3.57. The molecule has 0 saturated carbocycles. The summed E-state index contributed by atoms with van der Waals surface area (Å²) >= 11 is 0. The van der Waals surface area contributed by atoms with E-state index in [2.05, 4.69) is 0 Å². The van der Waals surface area contributed by atoms with Crippen molar-refractivity contribution in [1.82, 2.24) is 4.90 Å². The maximum atomic E-state index is 12.1. The van der Waals surface area contributed by atoms with Gasteiger partial charge in [-0.05, 0) is 30.7 Å². The molecule has 0 atom stereocenters. The molecule has 0 aliphatic carbocycles. The number of nitrogens with zero attached hydrogens (tertiary/aromatic N) is 1. The molecular weight excluding hydrogens is 282 g/mol. The van der Waals surface area contributed by atoms with Gasteiger partial charge in [0.25, 0.3) is 11.8 Å². The lowest BCUT2D eigenvalue weighted by Gasteiger charge is -2.14. The molecule has 22 heavy (non-hydrogen) atoms. The molecule has 0 N–H and O–H groups in total. The van der Waals surface area contributed by atoms with Crippen LogP contribution in [0.2, 0.25) is 0 Å². The number of esters is 1. The molecule has 1 heterocycles. The normalized spacial score (nSPS) is 13.2. The molecular formula is C17H13NO4. The number of hydrogen-bond acceptors (Lipinski definition) is 4. The van der Waals surface area contributed by atoms with Crippen LogP contribution in [0, 0.1) is 6.92 Å². The Morgan fingerprint density at radius 2 is 1.50 bits per heavy atom. The number of rotatable bonds is 3. The monoisotopic (exact) mass is 295 g/mol. The number of imide groups is 1. The number of aryl methyl sites for hydroxylation is 1. The van der Waals surface area contributed by atoms with Gasteiger partial charge < -0.3 is 4.74 Å². The predicted octanol–water partition coefficient (Wildman–Crippen LogP) is 2.41. The fourth-order valence-electron chi connectivity index (χ4n) is 2.36. The van der Waals surface area contributed by atoms with E-state index in [0.717, 1.165) is 10.5 Å². The summed E-state index contributed by atoms with van der Waals surface area (Å²) in [5.41, 5.74) is 1.85. The summed E-state index contributed by atoms with van der Waals surface area (Å²) < 4.78 is 5.11. The van der Waals surface area contributed by atoms with Crippen LogP contribution < -0.4 is 0 Å². The average Bonchev–Trinajstić information content (AvgIpc) is 2.77. The van der Waals surface area contributed by atoms with Crippen molar-refractivity contribution in [3.63, 3.8) is 0 Å². The van der Waals surface area contributed by atoms with Crippen molar-refractivity contribution in [2.24, 2.45) is 0 Å². The Morgan fingerprint density at radius 3 is 2.09 bits per heavy atom. The van der Waals surface area contributed by atoms with Gasteiger partial charge in [0.2, 0.25) is 0 Å². The molecule has 0 spiro atoms. The molecule has 1 aliphatic rings. The first-order chi connectivity index (χ1) is 10.6. The molecule has 2 aromatic carbocycles. The topological polar surface area (TPSA) is 63.7 Å². The van der Waals surface area contributed by atoms with E-state index in [0.29, 0.717) is 16.7 Å². The molecule has 0 bridgehead atoms. The second-order valence-corrected chi connectivity index (χ2v) is 4.96. The van der Waals surface area contributed by atoms with E-state index in [9.17, 15) is 14.4 Å². The number of carbonyl (C=O) groups excluding carboxylic acids is 3. The average molecular weight is 295 g/mol. The number of fused-ring (bicyclic) bond motifs is 1. The van der Waals surface area contributed by atoms with Gasteiger partial charge in [-0.1, -0.05) is 30.3 Å². The maximum absolute atomic E-state index is 12.1. The Labute approximate surface area is 127 Å². The van der Waals surface area contributed by atoms with Crippen molar-refractivity contribution in [1.29, 1.82) is 0 Å². The quantitative estimate of drug-likeness (QED) is 0.644. The molecule has 1 aliphatic heterocycles. The zero-order valence-corrected chi connectivity index (χ0v) is 11.9. The van der Waals surface area contributed by atoms with Gasteiger partial charge in [-0.25, -0.2) is 9.69 Å². The number of hydrogen-bond donors (Lipinski definition) is 0. The third kappa shape index (κ3) is 2.26. The lowest BCUT2D eigenvalue weighted by molar-refractivity contribution is 0.0227. The molecule has 0 fully saturated rings. The lowest BCUT2D eigenvalue weighted by atomic mass is 10.1. The number of carbonyl (C=O) groups is 3. The van der Waals surface area contributed by atoms with Crippen LogP contribution in [-0.2, 0) is 4.74 Å². The zero-order chi connectivity index (χ0) is 15.7. The third-order valence-electron chi connectivity index (χ3n) is 3.57. The fourth-order valence-corrected chi connectivity index (χ4v) is 2.36. The van der Waals surface area contributed by atoms with Crippen LogP contribution in [0.5, 0.6) is 0 Å². The highest BCUT2D eigenvalue weighted by Gasteiger charge is 2.35. The molecule has 3 rings (SSSR count).